The SMILES string of the molecule is CC(=O)c1c(C)oc(-c2ccc(Cl)cc2)[n+]1O. The van der Waals surface area contributed by atoms with Gasteiger partial charge in [0, 0.05) is 18.9 Å². The lowest BCUT2D eigenvalue weighted by Crippen LogP contribution is -2.36. The van der Waals surface area contributed by atoms with Gasteiger partial charge in [-0.1, -0.05) is 11.6 Å². The summed E-state index contributed by atoms with van der Waals surface area (Å²) in [7, 11) is 0. The molecule has 0 aliphatic rings. The Morgan fingerprint density at radius 2 is 1.94 bits per heavy atom. The van der Waals surface area contributed by atoms with E-state index in [0.717, 1.165) is 4.73 Å². The van der Waals surface area contributed by atoms with Crippen molar-refractivity contribution in [3.05, 3.63) is 40.7 Å². The maximum atomic E-state index is 11.3. The number of hydrogen-bond donors (Lipinski definition) is 1. The molecule has 0 aliphatic carbocycles. The van der Waals surface area contributed by atoms with E-state index in [2.05, 4.69) is 0 Å². The zero-order valence-electron chi connectivity index (χ0n) is 9.40. The normalized spacial score (nSPS) is 10.5. The van der Waals surface area contributed by atoms with Crippen molar-refractivity contribution in [1.29, 1.82) is 0 Å². The van der Waals surface area contributed by atoms with Crippen molar-refractivity contribution in [2.45, 2.75) is 13.8 Å². The van der Waals surface area contributed by atoms with E-state index >= 15 is 0 Å². The third kappa shape index (κ3) is 2.03. The highest BCUT2D eigenvalue weighted by Crippen LogP contribution is 2.21. The monoisotopic (exact) mass is 252 g/mol. The van der Waals surface area contributed by atoms with Gasteiger partial charge in [-0.3, -0.25) is 10.0 Å². The number of carbonyl (C=O) groups excluding carboxylic acids is 1. The second kappa shape index (κ2) is 4.22. The van der Waals surface area contributed by atoms with Crippen LogP contribution in [0.25, 0.3) is 11.5 Å². The van der Waals surface area contributed by atoms with Crippen molar-refractivity contribution < 1.29 is 19.1 Å². The standard InChI is InChI=1S/C12H11ClNO3/c1-7(15)11-8(2)17-12(14(11)16)9-3-5-10(13)6-4-9/h3-6,16H,1-2H3/q+1. The van der Waals surface area contributed by atoms with Gasteiger partial charge in [0.2, 0.25) is 5.78 Å². The number of halogens is 1. The minimum atomic E-state index is -0.256. The van der Waals surface area contributed by atoms with E-state index in [0.29, 0.717) is 16.3 Å². The van der Waals surface area contributed by atoms with Gasteiger partial charge in [0.25, 0.3) is 0 Å². The van der Waals surface area contributed by atoms with Crippen molar-refractivity contribution in [1.82, 2.24) is 0 Å². The van der Waals surface area contributed by atoms with Crippen LogP contribution in [0.2, 0.25) is 5.02 Å². The molecule has 0 amide bonds. The molecule has 0 spiro atoms. The quantitative estimate of drug-likeness (QED) is 0.508. The molecule has 1 aromatic carbocycles. The first-order chi connectivity index (χ1) is 8.00. The number of aryl methyl sites for hydroxylation is 1. The first kappa shape index (κ1) is 11.7. The highest BCUT2D eigenvalue weighted by molar-refractivity contribution is 6.30. The van der Waals surface area contributed by atoms with Crippen LogP contribution in [0.5, 0.6) is 0 Å². The number of carbonyl (C=O) groups is 1. The van der Waals surface area contributed by atoms with Gasteiger partial charge in [0.1, 0.15) is 0 Å². The molecule has 1 N–H and O–H groups in total. The fourth-order valence-electron chi connectivity index (χ4n) is 1.66. The molecular weight excluding hydrogens is 242 g/mol. The van der Waals surface area contributed by atoms with Crippen molar-refractivity contribution in [3.63, 3.8) is 0 Å². The van der Waals surface area contributed by atoms with Gasteiger partial charge < -0.3 is 4.42 Å². The Morgan fingerprint density at radius 1 is 1.35 bits per heavy atom. The Morgan fingerprint density at radius 3 is 2.41 bits per heavy atom. The lowest BCUT2D eigenvalue weighted by Gasteiger charge is -1.91. The van der Waals surface area contributed by atoms with Crippen LogP contribution >= 0.6 is 11.6 Å². The van der Waals surface area contributed by atoms with Crippen LogP contribution < -0.4 is 4.73 Å². The second-order valence-corrected chi connectivity index (χ2v) is 4.12. The first-order valence-electron chi connectivity index (χ1n) is 5.02. The summed E-state index contributed by atoms with van der Waals surface area (Å²) in [6, 6.07) is 6.78. The predicted molar refractivity (Wildman–Crippen MR) is 61.3 cm³/mol. The van der Waals surface area contributed by atoms with Crippen LogP contribution in [-0.4, -0.2) is 11.0 Å². The number of benzene rings is 1. The molecule has 2 rings (SSSR count). The molecule has 2 aromatic rings. The van der Waals surface area contributed by atoms with Crippen LogP contribution in [-0.2, 0) is 0 Å². The van der Waals surface area contributed by atoms with Crippen molar-refractivity contribution in [2.24, 2.45) is 0 Å². The molecule has 0 radical (unpaired) electrons. The third-order valence-electron chi connectivity index (χ3n) is 2.41. The van der Waals surface area contributed by atoms with E-state index in [-0.39, 0.29) is 17.4 Å². The molecule has 1 heterocycles. The molecule has 0 atom stereocenters. The number of rotatable bonds is 2. The van der Waals surface area contributed by atoms with Gasteiger partial charge >= 0.3 is 11.6 Å². The van der Waals surface area contributed by atoms with E-state index in [1.807, 2.05) is 0 Å². The van der Waals surface area contributed by atoms with Gasteiger partial charge in [-0.05, 0) is 24.3 Å². The Kier molecular flexibility index (Phi) is 2.90. The van der Waals surface area contributed by atoms with Crippen LogP contribution in [0.15, 0.2) is 28.7 Å². The minimum Gasteiger partial charge on any atom is -0.399 e. The minimum absolute atomic E-state index is 0.148. The van der Waals surface area contributed by atoms with Gasteiger partial charge in [-0.25, -0.2) is 0 Å². The molecule has 1 aromatic heterocycles. The molecular formula is C12H11ClNO3+. The van der Waals surface area contributed by atoms with E-state index in [9.17, 15) is 10.0 Å². The second-order valence-electron chi connectivity index (χ2n) is 3.69. The number of hydrogen-bond acceptors (Lipinski definition) is 3. The van der Waals surface area contributed by atoms with E-state index in [1.165, 1.54) is 6.92 Å². The molecule has 0 unspecified atom stereocenters. The predicted octanol–water partition coefficient (Wildman–Crippen LogP) is 2.64. The maximum Gasteiger partial charge on any atom is 0.430 e. The summed E-state index contributed by atoms with van der Waals surface area (Å²) in [5.74, 6) is 0.336. The smallest absolute Gasteiger partial charge is 0.399 e. The summed E-state index contributed by atoms with van der Waals surface area (Å²) in [5.41, 5.74) is 0.794. The van der Waals surface area contributed by atoms with E-state index < -0.39 is 0 Å². The van der Waals surface area contributed by atoms with Crippen molar-refractivity contribution >= 4 is 17.4 Å². The Balaban J connectivity index is 2.57. The Bertz CT molecular complexity index is 572. The molecule has 5 heteroatoms. The summed E-state index contributed by atoms with van der Waals surface area (Å²) < 4.78 is 6.15. The zero-order chi connectivity index (χ0) is 12.6. The summed E-state index contributed by atoms with van der Waals surface area (Å²) in [6.07, 6.45) is 0. The average Bonchev–Trinajstić information content (AvgIpc) is 2.55. The highest BCUT2D eigenvalue weighted by atomic mass is 35.5. The van der Waals surface area contributed by atoms with Crippen molar-refractivity contribution in [2.75, 3.05) is 0 Å². The number of Topliss-reactive ketones (excluding diaryl/α,β-unsaturated/α-hetero) is 1. The first-order valence-corrected chi connectivity index (χ1v) is 5.40. The van der Waals surface area contributed by atoms with Crippen LogP contribution in [0.1, 0.15) is 23.2 Å². The number of nitrogens with zero attached hydrogens (tertiary/aromatic N) is 1. The molecule has 88 valence electrons. The highest BCUT2D eigenvalue weighted by Gasteiger charge is 2.31. The van der Waals surface area contributed by atoms with Gasteiger partial charge in [0.15, 0.2) is 5.76 Å². The van der Waals surface area contributed by atoms with Crippen LogP contribution in [0.4, 0.5) is 0 Å². The topological polar surface area (TPSA) is 54.3 Å². The van der Waals surface area contributed by atoms with Crippen LogP contribution in [0, 0.1) is 6.92 Å². The summed E-state index contributed by atoms with van der Waals surface area (Å²) in [5, 5.41) is 10.5. The van der Waals surface area contributed by atoms with E-state index in [1.54, 1.807) is 31.2 Å². The molecule has 0 saturated carbocycles. The lowest BCUT2D eigenvalue weighted by molar-refractivity contribution is -0.898. The molecule has 4 nitrogen and oxygen atoms in total. The largest absolute Gasteiger partial charge is 0.430 e. The van der Waals surface area contributed by atoms with Crippen LogP contribution in [0.3, 0.4) is 0 Å². The molecule has 0 aliphatic heterocycles. The summed E-state index contributed by atoms with van der Waals surface area (Å²) in [6.45, 7) is 3.00. The lowest BCUT2D eigenvalue weighted by atomic mass is 10.2. The third-order valence-corrected chi connectivity index (χ3v) is 2.66. The molecule has 0 saturated heterocycles. The average molecular weight is 253 g/mol. The Labute approximate surface area is 103 Å². The number of oxazole rings is 1. The summed E-state index contributed by atoms with van der Waals surface area (Å²) >= 11 is 5.77. The number of aromatic nitrogens is 1. The van der Waals surface area contributed by atoms with Gasteiger partial charge in [0.05, 0.1) is 10.3 Å². The van der Waals surface area contributed by atoms with Gasteiger partial charge in [-0.2, -0.15) is 0 Å². The Hall–Kier alpha value is -1.81. The molecule has 17 heavy (non-hydrogen) atoms. The fourth-order valence-corrected chi connectivity index (χ4v) is 1.78. The zero-order valence-corrected chi connectivity index (χ0v) is 10.2. The van der Waals surface area contributed by atoms with E-state index in [4.69, 9.17) is 16.0 Å². The summed E-state index contributed by atoms with van der Waals surface area (Å²) in [4.78, 5) is 11.3. The molecule has 0 fully saturated rings. The number of ketones is 1. The maximum absolute atomic E-state index is 11.3. The molecule has 0 bridgehead atoms. The fraction of sp³-hybridized carbons (Fsp3) is 0.167. The van der Waals surface area contributed by atoms with Crippen molar-refractivity contribution in [3.8, 4) is 11.5 Å². The van der Waals surface area contributed by atoms with Gasteiger partial charge in [-0.15, -0.1) is 0 Å².